The molecule has 39 heavy (non-hydrogen) atoms. The third kappa shape index (κ3) is 5.08. The first-order chi connectivity index (χ1) is 18.7. The van der Waals surface area contributed by atoms with Crippen LogP contribution in [0.2, 0.25) is 0 Å². The molecule has 0 radical (unpaired) electrons. The van der Waals surface area contributed by atoms with Gasteiger partial charge in [0.05, 0.1) is 29.8 Å². The molecule has 1 saturated heterocycles. The van der Waals surface area contributed by atoms with Crippen molar-refractivity contribution < 1.29 is 22.3 Å². The van der Waals surface area contributed by atoms with Crippen molar-refractivity contribution in [3.63, 3.8) is 0 Å². The van der Waals surface area contributed by atoms with Crippen molar-refractivity contribution in [1.82, 2.24) is 15.3 Å². The van der Waals surface area contributed by atoms with Crippen LogP contribution in [-0.4, -0.2) is 56.3 Å². The van der Waals surface area contributed by atoms with Gasteiger partial charge in [-0.3, -0.25) is 0 Å². The largest absolute Gasteiger partial charge is 0.377 e. The van der Waals surface area contributed by atoms with Gasteiger partial charge in [0, 0.05) is 29.9 Å². The van der Waals surface area contributed by atoms with Crippen molar-refractivity contribution in [1.29, 1.82) is 0 Å². The monoisotopic (exact) mass is 551 g/mol. The van der Waals surface area contributed by atoms with Crippen LogP contribution in [0.25, 0.3) is 11.4 Å². The van der Waals surface area contributed by atoms with E-state index < -0.39 is 20.4 Å². The molecule has 2 amide bonds. The minimum Gasteiger partial charge on any atom is -0.377 e. The molecular weight excluding hydrogens is 521 g/mol. The highest BCUT2D eigenvalue weighted by molar-refractivity contribution is 7.92. The highest BCUT2D eigenvalue weighted by atomic mass is 32.2. The molecule has 3 aromatic rings. The topological polar surface area (TPSA) is 114 Å². The number of hydrogen-bond donors (Lipinski definition) is 2. The predicted molar refractivity (Wildman–Crippen MR) is 145 cm³/mol. The molecule has 3 aliphatic rings. The van der Waals surface area contributed by atoms with E-state index in [-0.39, 0.29) is 23.0 Å². The Hall–Kier alpha value is -3.57. The van der Waals surface area contributed by atoms with Gasteiger partial charge in [-0.05, 0) is 81.1 Å². The standard InChI is InChI=1S/C28H30FN5O4S/c1-18-17-38-15-14-34(18)25-16-24(28(12-13-28)39(36,37)23-10-4-20(29)5-11-23)32-26(33-25)19-2-6-21(7-3-19)30-27(35)31-22-8-9-22/h2-7,10-11,16,18,22H,8-9,12-15,17H2,1H3,(H2,30,31,35)/t18-/m0/s1. The maximum atomic E-state index is 13.8. The van der Waals surface area contributed by atoms with E-state index >= 15 is 0 Å². The quantitative estimate of drug-likeness (QED) is 0.422. The van der Waals surface area contributed by atoms with Crippen LogP contribution in [0.5, 0.6) is 0 Å². The van der Waals surface area contributed by atoms with Crippen LogP contribution in [-0.2, 0) is 19.3 Å². The summed E-state index contributed by atoms with van der Waals surface area (Å²) in [5.41, 5.74) is 1.76. The molecule has 2 heterocycles. The Bertz CT molecular complexity index is 1490. The van der Waals surface area contributed by atoms with Gasteiger partial charge >= 0.3 is 6.03 Å². The summed E-state index contributed by atoms with van der Waals surface area (Å²) in [5, 5.41) is 5.72. The number of nitrogens with one attached hydrogen (secondary N) is 2. The molecule has 1 atom stereocenters. The molecule has 0 spiro atoms. The van der Waals surface area contributed by atoms with Crippen LogP contribution in [0, 0.1) is 5.82 Å². The Morgan fingerprint density at radius 1 is 1.08 bits per heavy atom. The molecule has 204 valence electrons. The van der Waals surface area contributed by atoms with Crippen LogP contribution in [0.3, 0.4) is 0 Å². The number of benzene rings is 2. The lowest BCUT2D eigenvalue weighted by molar-refractivity contribution is 0.0985. The second kappa shape index (κ2) is 9.87. The normalized spacial score (nSPS) is 20.4. The fraction of sp³-hybridized carbons (Fsp3) is 0.393. The SMILES string of the molecule is C[C@H]1COCCN1c1cc(C2(S(=O)(=O)c3ccc(F)cc3)CC2)nc(-c2ccc(NC(=O)NC3CC3)cc2)n1. The summed E-state index contributed by atoms with van der Waals surface area (Å²) in [6.45, 7) is 3.74. The van der Waals surface area contributed by atoms with Crippen LogP contribution in [0.1, 0.15) is 38.3 Å². The van der Waals surface area contributed by atoms with E-state index in [2.05, 4.69) is 15.5 Å². The molecule has 2 aromatic carbocycles. The first-order valence-electron chi connectivity index (χ1n) is 13.2. The Labute approximate surface area is 226 Å². The molecule has 2 aliphatic carbocycles. The smallest absolute Gasteiger partial charge is 0.319 e. The number of anilines is 2. The maximum Gasteiger partial charge on any atom is 0.319 e. The molecular formula is C28H30FN5O4S. The number of rotatable bonds is 7. The zero-order valence-corrected chi connectivity index (χ0v) is 22.4. The van der Waals surface area contributed by atoms with Crippen molar-refractivity contribution in [2.45, 2.75) is 54.3 Å². The van der Waals surface area contributed by atoms with Gasteiger partial charge in [0.25, 0.3) is 0 Å². The number of hydrogen-bond acceptors (Lipinski definition) is 7. The van der Waals surface area contributed by atoms with Gasteiger partial charge in [-0.2, -0.15) is 0 Å². The number of amides is 2. The maximum absolute atomic E-state index is 13.8. The Balaban J connectivity index is 1.37. The molecule has 3 fully saturated rings. The second-order valence-electron chi connectivity index (χ2n) is 10.5. The van der Waals surface area contributed by atoms with E-state index in [1.54, 1.807) is 18.2 Å². The average Bonchev–Trinajstić information content (AvgIpc) is 3.85. The number of carbonyl (C=O) groups is 1. The molecule has 2 saturated carbocycles. The number of morpholine rings is 1. The highest BCUT2D eigenvalue weighted by Crippen LogP contribution is 2.55. The van der Waals surface area contributed by atoms with Crippen LogP contribution in [0.4, 0.5) is 20.7 Å². The van der Waals surface area contributed by atoms with E-state index in [1.165, 1.54) is 12.1 Å². The molecule has 1 aromatic heterocycles. The van der Waals surface area contributed by atoms with Gasteiger partial charge in [-0.1, -0.05) is 0 Å². The molecule has 9 nitrogen and oxygen atoms in total. The summed E-state index contributed by atoms with van der Waals surface area (Å²) >= 11 is 0. The molecule has 0 unspecified atom stereocenters. The van der Waals surface area contributed by atoms with Crippen molar-refractivity contribution in [2.24, 2.45) is 0 Å². The van der Waals surface area contributed by atoms with Gasteiger partial charge in [0.2, 0.25) is 0 Å². The van der Waals surface area contributed by atoms with Crippen molar-refractivity contribution in [2.75, 3.05) is 30.0 Å². The highest BCUT2D eigenvalue weighted by Gasteiger charge is 2.58. The number of carbonyl (C=O) groups excluding carboxylic acids is 1. The van der Waals surface area contributed by atoms with E-state index in [0.29, 0.717) is 61.2 Å². The van der Waals surface area contributed by atoms with Crippen molar-refractivity contribution in [3.8, 4) is 11.4 Å². The van der Waals surface area contributed by atoms with Gasteiger partial charge in [0.15, 0.2) is 15.7 Å². The van der Waals surface area contributed by atoms with Gasteiger partial charge in [-0.25, -0.2) is 27.6 Å². The number of urea groups is 1. The van der Waals surface area contributed by atoms with Gasteiger partial charge in [0.1, 0.15) is 16.4 Å². The molecule has 2 N–H and O–H groups in total. The number of ether oxygens (including phenoxy) is 1. The Kier molecular flexibility index (Phi) is 6.50. The molecule has 11 heteroatoms. The summed E-state index contributed by atoms with van der Waals surface area (Å²) in [4.78, 5) is 23.9. The van der Waals surface area contributed by atoms with Crippen molar-refractivity contribution >= 4 is 27.4 Å². The predicted octanol–water partition coefficient (Wildman–Crippen LogP) is 4.25. The number of halogens is 1. The minimum absolute atomic E-state index is 0.0507. The summed E-state index contributed by atoms with van der Waals surface area (Å²) in [6.07, 6.45) is 2.84. The summed E-state index contributed by atoms with van der Waals surface area (Å²) in [5.74, 6) is 0.544. The van der Waals surface area contributed by atoms with E-state index in [9.17, 15) is 17.6 Å². The van der Waals surface area contributed by atoms with Gasteiger partial charge < -0.3 is 20.3 Å². The Morgan fingerprint density at radius 2 is 1.79 bits per heavy atom. The van der Waals surface area contributed by atoms with E-state index in [1.807, 2.05) is 19.1 Å². The molecule has 6 rings (SSSR count). The lowest BCUT2D eigenvalue weighted by Crippen LogP contribution is -2.44. The summed E-state index contributed by atoms with van der Waals surface area (Å²) < 4.78 is 45.5. The third-order valence-corrected chi connectivity index (χ3v) is 10.0. The zero-order chi connectivity index (χ0) is 27.2. The summed E-state index contributed by atoms with van der Waals surface area (Å²) in [7, 11) is -3.84. The number of aromatic nitrogens is 2. The number of nitrogens with zero attached hydrogens (tertiary/aromatic N) is 3. The Morgan fingerprint density at radius 3 is 2.44 bits per heavy atom. The van der Waals surface area contributed by atoms with Crippen LogP contribution < -0.4 is 15.5 Å². The fourth-order valence-corrected chi connectivity index (χ4v) is 6.87. The van der Waals surface area contributed by atoms with Crippen LogP contribution >= 0.6 is 0 Å². The molecule has 0 bridgehead atoms. The van der Waals surface area contributed by atoms with Crippen LogP contribution in [0.15, 0.2) is 59.5 Å². The first kappa shape index (κ1) is 25.7. The third-order valence-electron chi connectivity index (χ3n) is 7.50. The second-order valence-corrected chi connectivity index (χ2v) is 12.7. The minimum atomic E-state index is -3.84. The average molecular weight is 552 g/mol. The van der Waals surface area contributed by atoms with Gasteiger partial charge in [-0.15, -0.1) is 0 Å². The lowest BCUT2D eigenvalue weighted by atomic mass is 10.1. The lowest BCUT2D eigenvalue weighted by Gasteiger charge is -2.34. The van der Waals surface area contributed by atoms with Crippen molar-refractivity contribution in [3.05, 3.63) is 66.1 Å². The van der Waals surface area contributed by atoms with E-state index in [0.717, 1.165) is 25.0 Å². The molecule has 1 aliphatic heterocycles. The number of sulfone groups is 1. The summed E-state index contributed by atoms with van der Waals surface area (Å²) in [6, 6.07) is 14.0. The first-order valence-corrected chi connectivity index (χ1v) is 14.7. The fourth-order valence-electron chi connectivity index (χ4n) is 4.91. The van der Waals surface area contributed by atoms with E-state index in [4.69, 9.17) is 14.7 Å². The zero-order valence-electron chi connectivity index (χ0n) is 21.6.